The maximum Gasteiger partial charge on any atom is 0.227 e. The van der Waals surface area contributed by atoms with E-state index in [-0.39, 0.29) is 18.2 Å². The van der Waals surface area contributed by atoms with Crippen molar-refractivity contribution in [2.45, 2.75) is 72.3 Å². The van der Waals surface area contributed by atoms with Crippen LogP contribution in [0.15, 0.2) is 54.6 Å². The number of hydrogen-bond acceptors (Lipinski definition) is 6. The van der Waals surface area contributed by atoms with Crippen LogP contribution in [0.3, 0.4) is 0 Å². The molecule has 2 unspecified atom stereocenters. The van der Waals surface area contributed by atoms with E-state index in [1.54, 1.807) is 7.11 Å². The summed E-state index contributed by atoms with van der Waals surface area (Å²) in [7, 11) is 1.64. The summed E-state index contributed by atoms with van der Waals surface area (Å²) in [6, 6.07) is 17.8. The van der Waals surface area contributed by atoms with Crippen molar-refractivity contribution in [3.05, 3.63) is 65.9 Å². The number of aromatic nitrogens is 2. The number of methoxy groups -OCH3 is 1. The van der Waals surface area contributed by atoms with E-state index >= 15 is 0 Å². The van der Waals surface area contributed by atoms with Crippen LogP contribution in [0.4, 0.5) is 0 Å². The smallest absolute Gasteiger partial charge is 0.227 e. The molecule has 0 saturated carbocycles. The average molecular weight is 496 g/mol. The molecule has 1 aromatic heterocycles. The molecule has 2 aromatic carbocycles. The molecule has 3 aromatic rings. The van der Waals surface area contributed by atoms with Gasteiger partial charge >= 0.3 is 0 Å². The van der Waals surface area contributed by atoms with E-state index in [4.69, 9.17) is 19.3 Å². The highest BCUT2D eigenvalue weighted by Gasteiger charge is 2.25. The van der Waals surface area contributed by atoms with Crippen LogP contribution in [0, 0.1) is 6.92 Å². The van der Waals surface area contributed by atoms with Crippen LogP contribution in [0.1, 0.15) is 52.3 Å². The van der Waals surface area contributed by atoms with Gasteiger partial charge in [0.05, 0.1) is 42.4 Å². The predicted octanol–water partition coefficient (Wildman–Crippen LogP) is 5.76. The van der Waals surface area contributed by atoms with Crippen molar-refractivity contribution in [1.82, 2.24) is 14.7 Å². The van der Waals surface area contributed by atoms with Crippen LogP contribution in [-0.4, -0.2) is 57.8 Å². The number of para-hydroxylation sites is 1. The quantitative estimate of drug-likeness (QED) is 0.345. The number of aliphatic hydroxyl groups is 1. The predicted molar refractivity (Wildman–Crippen MR) is 143 cm³/mol. The standard InChI is InChI=1S/C29H41N3O4/c1-8-21(2)31(18-24(33)20-35-29(4,5)6)19-27-22(3)30-32(23-13-10-9-11-14-23)28(27)36-26-16-12-15-25(17-26)34-7/h9-17,21,24,33H,8,18-20H2,1-7H3. The van der Waals surface area contributed by atoms with Crippen LogP contribution in [0.5, 0.6) is 17.4 Å². The van der Waals surface area contributed by atoms with Crippen LogP contribution >= 0.6 is 0 Å². The fourth-order valence-corrected chi connectivity index (χ4v) is 3.88. The summed E-state index contributed by atoms with van der Waals surface area (Å²) in [5.41, 5.74) is 2.47. The molecule has 0 aliphatic rings. The Morgan fingerprint density at radius 2 is 1.75 bits per heavy atom. The van der Waals surface area contributed by atoms with E-state index in [2.05, 4.69) is 18.7 Å². The third kappa shape index (κ3) is 7.56. The van der Waals surface area contributed by atoms with Crippen LogP contribution in [0.2, 0.25) is 0 Å². The van der Waals surface area contributed by atoms with Crippen LogP contribution in [-0.2, 0) is 11.3 Å². The molecule has 0 aliphatic carbocycles. The highest BCUT2D eigenvalue weighted by Crippen LogP contribution is 2.33. The fourth-order valence-electron chi connectivity index (χ4n) is 3.88. The molecule has 0 fully saturated rings. The van der Waals surface area contributed by atoms with E-state index in [9.17, 15) is 5.11 Å². The number of ether oxygens (including phenoxy) is 3. The van der Waals surface area contributed by atoms with Gasteiger partial charge in [-0.1, -0.05) is 31.2 Å². The Bertz CT molecular complexity index is 1090. The summed E-state index contributed by atoms with van der Waals surface area (Å²) < 4.78 is 19.6. The Morgan fingerprint density at radius 1 is 1.06 bits per heavy atom. The zero-order chi connectivity index (χ0) is 26.3. The van der Waals surface area contributed by atoms with Gasteiger partial charge in [0.15, 0.2) is 0 Å². The summed E-state index contributed by atoms with van der Waals surface area (Å²) in [4.78, 5) is 2.27. The summed E-state index contributed by atoms with van der Waals surface area (Å²) >= 11 is 0. The van der Waals surface area contributed by atoms with Crippen molar-refractivity contribution in [1.29, 1.82) is 0 Å². The first-order valence-corrected chi connectivity index (χ1v) is 12.6. The molecule has 1 heterocycles. The molecule has 0 amide bonds. The lowest BCUT2D eigenvalue weighted by Gasteiger charge is -2.31. The summed E-state index contributed by atoms with van der Waals surface area (Å²) in [6.07, 6.45) is 0.343. The van der Waals surface area contributed by atoms with Gasteiger partial charge in [-0.2, -0.15) is 5.10 Å². The normalized spacial score (nSPS) is 13.6. The number of aliphatic hydroxyl groups excluding tert-OH is 1. The molecule has 3 rings (SSSR count). The van der Waals surface area contributed by atoms with Crippen molar-refractivity contribution in [2.24, 2.45) is 0 Å². The second-order valence-corrected chi connectivity index (χ2v) is 10.2. The Hall–Kier alpha value is -2.87. The minimum atomic E-state index is -0.606. The largest absolute Gasteiger partial charge is 0.497 e. The lowest BCUT2D eigenvalue weighted by Crippen LogP contribution is -2.41. The maximum atomic E-state index is 10.8. The lowest BCUT2D eigenvalue weighted by molar-refractivity contribution is -0.0593. The zero-order valence-corrected chi connectivity index (χ0v) is 22.7. The number of rotatable bonds is 12. The Balaban J connectivity index is 1.96. The van der Waals surface area contributed by atoms with Crippen molar-refractivity contribution < 1.29 is 19.3 Å². The van der Waals surface area contributed by atoms with Gasteiger partial charge < -0.3 is 19.3 Å². The van der Waals surface area contributed by atoms with Crippen LogP contribution in [0.25, 0.3) is 5.69 Å². The molecule has 2 atom stereocenters. The summed E-state index contributed by atoms with van der Waals surface area (Å²) in [5.74, 6) is 2.04. The van der Waals surface area contributed by atoms with Crippen molar-refractivity contribution in [2.75, 3.05) is 20.3 Å². The summed E-state index contributed by atoms with van der Waals surface area (Å²) in [6.45, 7) is 13.7. The molecular weight excluding hydrogens is 454 g/mol. The first kappa shape index (κ1) is 27.7. The van der Waals surface area contributed by atoms with E-state index in [1.807, 2.05) is 87.0 Å². The molecular formula is C29H41N3O4. The summed E-state index contributed by atoms with van der Waals surface area (Å²) in [5, 5.41) is 15.6. The Labute approximate surface area is 215 Å². The third-order valence-electron chi connectivity index (χ3n) is 6.12. The van der Waals surface area contributed by atoms with Gasteiger partial charge in [-0.3, -0.25) is 4.90 Å². The highest BCUT2D eigenvalue weighted by atomic mass is 16.5. The minimum absolute atomic E-state index is 0.249. The molecule has 0 saturated heterocycles. The zero-order valence-electron chi connectivity index (χ0n) is 22.7. The fraction of sp³-hybridized carbons (Fsp3) is 0.483. The van der Waals surface area contributed by atoms with Crippen molar-refractivity contribution >= 4 is 0 Å². The number of nitrogens with zero attached hydrogens (tertiary/aromatic N) is 3. The van der Waals surface area contributed by atoms with E-state index in [0.29, 0.717) is 24.7 Å². The average Bonchev–Trinajstić information content (AvgIpc) is 3.16. The molecule has 7 nitrogen and oxygen atoms in total. The van der Waals surface area contributed by atoms with E-state index in [0.717, 1.165) is 29.1 Å². The van der Waals surface area contributed by atoms with Gasteiger partial charge in [-0.15, -0.1) is 0 Å². The number of aryl methyl sites for hydroxylation is 1. The first-order chi connectivity index (χ1) is 17.1. The van der Waals surface area contributed by atoms with Crippen molar-refractivity contribution in [3.63, 3.8) is 0 Å². The minimum Gasteiger partial charge on any atom is -0.497 e. The van der Waals surface area contributed by atoms with E-state index < -0.39 is 6.10 Å². The lowest BCUT2D eigenvalue weighted by atomic mass is 10.1. The maximum absolute atomic E-state index is 10.8. The van der Waals surface area contributed by atoms with Gasteiger partial charge in [0.2, 0.25) is 5.88 Å². The molecule has 0 aliphatic heterocycles. The van der Waals surface area contributed by atoms with Gasteiger partial charge in [0.25, 0.3) is 0 Å². The van der Waals surface area contributed by atoms with Crippen molar-refractivity contribution in [3.8, 4) is 23.1 Å². The third-order valence-corrected chi connectivity index (χ3v) is 6.12. The second kappa shape index (κ2) is 12.4. The molecule has 7 heteroatoms. The second-order valence-electron chi connectivity index (χ2n) is 10.2. The van der Waals surface area contributed by atoms with Crippen LogP contribution < -0.4 is 9.47 Å². The highest BCUT2D eigenvalue weighted by molar-refractivity contribution is 5.44. The van der Waals surface area contributed by atoms with Gasteiger partial charge in [0, 0.05) is 25.2 Å². The molecule has 36 heavy (non-hydrogen) atoms. The number of hydrogen-bond donors (Lipinski definition) is 1. The van der Waals surface area contributed by atoms with E-state index in [1.165, 1.54) is 0 Å². The first-order valence-electron chi connectivity index (χ1n) is 12.6. The topological polar surface area (TPSA) is 69.0 Å². The Morgan fingerprint density at radius 3 is 2.39 bits per heavy atom. The number of benzene rings is 2. The van der Waals surface area contributed by atoms with Gasteiger partial charge in [-0.25, -0.2) is 4.68 Å². The van der Waals surface area contributed by atoms with Gasteiger partial charge in [-0.05, 0) is 65.3 Å². The molecule has 196 valence electrons. The van der Waals surface area contributed by atoms with Gasteiger partial charge in [0.1, 0.15) is 11.5 Å². The Kier molecular flexibility index (Phi) is 9.54. The molecule has 0 radical (unpaired) electrons. The monoisotopic (exact) mass is 495 g/mol. The molecule has 0 spiro atoms. The SMILES string of the molecule is CCC(C)N(Cc1c(C)nn(-c2ccccc2)c1Oc1cccc(OC)c1)CC(O)COC(C)(C)C. The molecule has 0 bridgehead atoms. The molecule has 1 N–H and O–H groups in total.